The average molecular weight is 309 g/mol. The number of nitrogens with zero attached hydrogens (tertiary/aromatic N) is 1. The van der Waals surface area contributed by atoms with E-state index in [1.54, 1.807) is 12.1 Å². The minimum atomic E-state index is -0.448. The lowest BCUT2D eigenvalue weighted by Crippen LogP contribution is -2.31. The first kappa shape index (κ1) is 14.6. The Morgan fingerprint density at radius 1 is 1.19 bits per heavy atom. The monoisotopic (exact) mass is 308 g/mol. The third-order valence-corrected chi connectivity index (χ3v) is 5.53. The summed E-state index contributed by atoms with van der Waals surface area (Å²) in [5.74, 6) is 0. The Morgan fingerprint density at radius 2 is 1.86 bits per heavy atom. The number of anilines is 1. The van der Waals surface area contributed by atoms with Gasteiger partial charge in [-0.3, -0.25) is 10.1 Å². The molecule has 1 N–H and O–H groups in total. The van der Waals surface area contributed by atoms with E-state index in [-0.39, 0.29) is 10.7 Å². The largest absolute Gasteiger partial charge is 0.382 e. The number of rotatable bonds is 3. The topological polar surface area (TPSA) is 55.2 Å². The maximum Gasteiger partial charge on any atom is 0.288 e. The van der Waals surface area contributed by atoms with Crippen molar-refractivity contribution in [3.8, 4) is 0 Å². The van der Waals surface area contributed by atoms with E-state index in [1.165, 1.54) is 57.4 Å². The molecule has 0 atom stereocenters. The van der Waals surface area contributed by atoms with Crippen LogP contribution in [0.4, 0.5) is 11.4 Å². The van der Waals surface area contributed by atoms with E-state index in [9.17, 15) is 10.1 Å². The summed E-state index contributed by atoms with van der Waals surface area (Å²) in [6.45, 7) is 0. The van der Waals surface area contributed by atoms with Crippen LogP contribution in [0.25, 0.3) is 0 Å². The Morgan fingerprint density at radius 3 is 2.43 bits per heavy atom. The highest BCUT2D eigenvalue weighted by molar-refractivity contribution is 6.32. The summed E-state index contributed by atoms with van der Waals surface area (Å²) in [5.41, 5.74) is 1.49. The summed E-state index contributed by atoms with van der Waals surface area (Å²) >= 11 is 5.96. The van der Waals surface area contributed by atoms with Gasteiger partial charge in [0, 0.05) is 17.8 Å². The van der Waals surface area contributed by atoms with E-state index in [4.69, 9.17) is 11.6 Å². The van der Waals surface area contributed by atoms with E-state index in [0.29, 0.717) is 11.5 Å². The molecule has 2 saturated carbocycles. The van der Waals surface area contributed by atoms with Gasteiger partial charge in [0.25, 0.3) is 5.69 Å². The molecule has 5 heteroatoms. The van der Waals surface area contributed by atoms with Crippen LogP contribution in [0.15, 0.2) is 18.2 Å². The molecule has 114 valence electrons. The van der Waals surface area contributed by atoms with Crippen LogP contribution < -0.4 is 5.32 Å². The number of nitro benzene ring substituents is 1. The molecule has 0 bridgehead atoms. The van der Waals surface area contributed by atoms with Gasteiger partial charge in [-0.05, 0) is 56.1 Å². The second-order valence-electron chi connectivity index (χ2n) is 6.55. The van der Waals surface area contributed by atoms with Crippen molar-refractivity contribution in [2.24, 2.45) is 5.41 Å². The highest BCUT2D eigenvalue weighted by atomic mass is 35.5. The third kappa shape index (κ3) is 3.15. The van der Waals surface area contributed by atoms with Gasteiger partial charge >= 0.3 is 0 Å². The van der Waals surface area contributed by atoms with Crippen molar-refractivity contribution in [3.63, 3.8) is 0 Å². The summed E-state index contributed by atoms with van der Waals surface area (Å²) in [7, 11) is 0. The molecule has 2 aliphatic rings. The van der Waals surface area contributed by atoms with Crippen molar-refractivity contribution in [1.82, 2.24) is 0 Å². The molecule has 0 radical (unpaired) electrons. The van der Waals surface area contributed by atoms with Crippen LogP contribution in [0.3, 0.4) is 0 Å². The van der Waals surface area contributed by atoms with Crippen molar-refractivity contribution in [2.45, 2.75) is 57.4 Å². The van der Waals surface area contributed by atoms with E-state index in [2.05, 4.69) is 5.32 Å². The Kier molecular flexibility index (Phi) is 4.07. The fourth-order valence-corrected chi connectivity index (χ4v) is 4.23. The van der Waals surface area contributed by atoms with Gasteiger partial charge in [0.2, 0.25) is 0 Å². The second kappa shape index (κ2) is 5.84. The van der Waals surface area contributed by atoms with Gasteiger partial charge in [-0.25, -0.2) is 0 Å². The summed E-state index contributed by atoms with van der Waals surface area (Å²) in [6, 6.07) is 5.36. The van der Waals surface area contributed by atoms with Crippen molar-refractivity contribution in [3.05, 3.63) is 33.3 Å². The first-order valence-electron chi connectivity index (χ1n) is 7.79. The van der Waals surface area contributed by atoms with Crippen LogP contribution >= 0.6 is 11.6 Å². The number of hydrogen-bond donors (Lipinski definition) is 1. The smallest absolute Gasteiger partial charge is 0.288 e. The predicted octanol–water partition coefficient (Wildman–Crippen LogP) is 5.16. The highest BCUT2D eigenvalue weighted by Gasteiger charge is 2.37. The summed E-state index contributed by atoms with van der Waals surface area (Å²) in [5, 5.41) is 14.5. The van der Waals surface area contributed by atoms with Crippen molar-refractivity contribution in [2.75, 3.05) is 5.32 Å². The van der Waals surface area contributed by atoms with Crippen LogP contribution in [0.1, 0.15) is 51.4 Å². The molecule has 3 rings (SSSR count). The van der Waals surface area contributed by atoms with E-state index in [0.717, 1.165) is 5.69 Å². The Labute approximate surface area is 130 Å². The molecular formula is C16H21ClN2O2. The Hall–Kier alpha value is -1.29. The molecule has 2 aliphatic carbocycles. The normalized spacial score (nSPS) is 21.6. The zero-order chi connectivity index (χ0) is 14.9. The highest BCUT2D eigenvalue weighted by Crippen LogP contribution is 2.49. The van der Waals surface area contributed by atoms with E-state index < -0.39 is 4.92 Å². The SMILES string of the molecule is O=[N+]([O-])c1ccc(NC2CCC3(CCCC3)CC2)cc1Cl. The Bertz CT molecular complexity index is 531. The lowest BCUT2D eigenvalue weighted by Gasteiger charge is -2.37. The van der Waals surface area contributed by atoms with Gasteiger partial charge in [-0.1, -0.05) is 24.4 Å². The molecule has 4 nitrogen and oxygen atoms in total. The zero-order valence-electron chi connectivity index (χ0n) is 12.1. The molecule has 1 aromatic carbocycles. The quantitative estimate of drug-likeness (QED) is 0.619. The van der Waals surface area contributed by atoms with Crippen LogP contribution in [0.5, 0.6) is 0 Å². The van der Waals surface area contributed by atoms with Gasteiger partial charge < -0.3 is 5.32 Å². The van der Waals surface area contributed by atoms with Crippen LogP contribution in [0.2, 0.25) is 5.02 Å². The number of benzene rings is 1. The molecule has 21 heavy (non-hydrogen) atoms. The molecule has 0 amide bonds. The number of halogens is 1. The number of nitro groups is 1. The third-order valence-electron chi connectivity index (χ3n) is 5.23. The van der Waals surface area contributed by atoms with E-state index >= 15 is 0 Å². The van der Waals surface area contributed by atoms with Crippen LogP contribution in [-0.2, 0) is 0 Å². The van der Waals surface area contributed by atoms with Gasteiger partial charge in [-0.15, -0.1) is 0 Å². The fraction of sp³-hybridized carbons (Fsp3) is 0.625. The molecule has 0 aliphatic heterocycles. The molecule has 0 heterocycles. The van der Waals surface area contributed by atoms with Gasteiger partial charge in [0.05, 0.1) is 4.92 Å². The lowest BCUT2D eigenvalue weighted by atomic mass is 9.71. The lowest BCUT2D eigenvalue weighted by molar-refractivity contribution is -0.384. The molecule has 0 aromatic heterocycles. The average Bonchev–Trinajstić information content (AvgIpc) is 2.90. The van der Waals surface area contributed by atoms with Crippen molar-refractivity contribution < 1.29 is 4.92 Å². The molecule has 0 unspecified atom stereocenters. The first-order valence-corrected chi connectivity index (χ1v) is 8.16. The molecular weight excluding hydrogens is 288 g/mol. The van der Waals surface area contributed by atoms with Crippen LogP contribution in [-0.4, -0.2) is 11.0 Å². The summed E-state index contributed by atoms with van der Waals surface area (Å²) in [4.78, 5) is 10.3. The fourth-order valence-electron chi connectivity index (χ4n) is 3.98. The number of hydrogen-bond acceptors (Lipinski definition) is 3. The molecule has 1 aromatic rings. The Balaban J connectivity index is 1.60. The molecule has 1 spiro atoms. The maximum absolute atomic E-state index is 10.8. The second-order valence-corrected chi connectivity index (χ2v) is 6.96. The molecule has 0 saturated heterocycles. The predicted molar refractivity (Wildman–Crippen MR) is 84.9 cm³/mol. The number of nitrogens with one attached hydrogen (secondary N) is 1. The minimum absolute atomic E-state index is 0.0317. The van der Waals surface area contributed by atoms with Gasteiger partial charge in [-0.2, -0.15) is 0 Å². The zero-order valence-corrected chi connectivity index (χ0v) is 12.9. The van der Waals surface area contributed by atoms with Gasteiger partial charge in [0.15, 0.2) is 0 Å². The van der Waals surface area contributed by atoms with Crippen molar-refractivity contribution in [1.29, 1.82) is 0 Å². The standard InChI is InChI=1S/C16H21ClN2O2/c17-14-11-13(3-4-15(14)19(20)21)18-12-5-9-16(10-6-12)7-1-2-8-16/h3-4,11-12,18H,1-2,5-10H2. The maximum atomic E-state index is 10.8. The first-order chi connectivity index (χ1) is 10.1. The summed E-state index contributed by atoms with van der Waals surface area (Å²) in [6.07, 6.45) is 10.6. The molecule has 2 fully saturated rings. The van der Waals surface area contributed by atoms with Crippen molar-refractivity contribution >= 4 is 23.0 Å². The summed E-state index contributed by atoms with van der Waals surface area (Å²) < 4.78 is 0. The van der Waals surface area contributed by atoms with Crippen LogP contribution in [0, 0.1) is 15.5 Å². The van der Waals surface area contributed by atoms with Gasteiger partial charge in [0.1, 0.15) is 5.02 Å². The minimum Gasteiger partial charge on any atom is -0.382 e. The van der Waals surface area contributed by atoms with E-state index in [1.807, 2.05) is 0 Å².